The second kappa shape index (κ2) is 6.51. The fourth-order valence-electron chi connectivity index (χ4n) is 1.81. The molecule has 1 aromatic carbocycles. The van der Waals surface area contributed by atoms with E-state index in [1.807, 2.05) is 0 Å². The molecular formula is C15H14N2O4. The van der Waals surface area contributed by atoms with Crippen LogP contribution >= 0.6 is 0 Å². The summed E-state index contributed by atoms with van der Waals surface area (Å²) in [6.45, 7) is 0. The zero-order chi connectivity index (χ0) is 15.2. The quantitative estimate of drug-likeness (QED) is 0.781. The molecule has 0 radical (unpaired) electrons. The molecule has 1 aromatic heterocycles. The summed E-state index contributed by atoms with van der Waals surface area (Å²) in [7, 11) is 0. The number of aromatic nitrogens is 1. The molecule has 0 saturated carbocycles. The Labute approximate surface area is 121 Å². The van der Waals surface area contributed by atoms with Gasteiger partial charge >= 0.3 is 5.97 Å². The number of rotatable bonds is 5. The number of hydrogen-bond donors (Lipinski definition) is 3. The van der Waals surface area contributed by atoms with Crippen LogP contribution in [0.1, 0.15) is 22.3 Å². The van der Waals surface area contributed by atoms with Crippen LogP contribution in [-0.2, 0) is 11.2 Å². The summed E-state index contributed by atoms with van der Waals surface area (Å²) >= 11 is 0. The first-order chi connectivity index (χ1) is 10.1. The second-order valence-electron chi connectivity index (χ2n) is 4.41. The molecule has 108 valence electrons. The zero-order valence-corrected chi connectivity index (χ0v) is 11.1. The summed E-state index contributed by atoms with van der Waals surface area (Å²) in [6.07, 6.45) is 1.87. The van der Waals surface area contributed by atoms with Gasteiger partial charge in [-0.2, -0.15) is 0 Å². The molecule has 0 aliphatic rings. The fraction of sp³-hybridized carbons (Fsp3) is 0.133. The molecule has 0 fully saturated rings. The van der Waals surface area contributed by atoms with Crippen LogP contribution < -0.4 is 5.32 Å². The van der Waals surface area contributed by atoms with Gasteiger partial charge in [0.2, 0.25) is 5.91 Å². The maximum atomic E-state index is 11.8. The van der Waals surface area contributed by atoms with Gasteiger partial charge < -0.3 is 15.5 Å². The number of nitrogens with zero attached hydrogens (tertiary/aromatic N) is 1. The number of nitrogens with one attached hydrogen (secondary N) is 1. The Morgan fingerprint density at radius 3 is 2.67 bits per heavy atom. The molecule has 0 aliphatic heterocycles. The summed E-state index contributed by atoms with van der Waals surface area (Å²) in [6, 6.07) is 9.43. The highest BCUT2D eigenvalue weighted by Crippen LogP contribution is 2.17. The smallest absolute Gasteiger partial charge is 0.335 e. The van der Waals surface area contributed by atoms with Crippen LogP contribution in [0.5, 0.6) is 5.75 Å². The van der Waals surface area contributed by atoms with Gasteiger partial charge in [-0.15, -0.1) is 0 Å². The molecule has 3 N–H and O–H groups in total. The summed E-state index contributed by atoms with van der Waals surface area (Å²) in [4.78, 5) is 26.5. The lowest BCUT2D eigenvalue weighted by molar-refractivity contribution is -0.116. The lowest BCUT2D eigenvalue weighted by Crippen LogP contribution is -2.14. The number of phenolic OH excluding ortho intramolecular Hbond substituents is 1. The van der Waals surface area contributed by atoms with Gasteiger partial charge in [0, 0.05) is 12.6 Å². The predicted octanol–water partition coefficient (Wildman–Crippen LogP) is 2.06. The van der Waals surface area contributed by atoms with Gasteiger partial charge in [0.1, 0.15) is 11.6 Å². The van der Waals surface area contributed by atoms with E-state index >= 15 is 0 Å². The number of carboxylic acids is 1. The number of hydrogen-bond acceptors (Lipinski definition) is 4. The highest BCUT2D eigenvalue weighted by molar-refractivity contribution is 5.92. The number of aromatic carboxylic acids is 1. The minimum atomic E-state index is -1.08. The van der Waals surface area contributed by atoms with E-state index in [4.69, 9.17) is 5.11 Å². The second-order valence-corrected chi connectivity index (χ2v) is 4.41. The average Bonchev–Trinajstić information content (AvgIpc) is 2.46. The monoisotopic (exact) mass is 286 g/mol. The van der Waals surface area contributed by atoms with Crippen molar-refractivity contribution in [2.24, 2.45) is 0 Å². The molecule has 0 spiro atoms. The lowest BCUT2D eigenvalue weighted by atomic mass is 10.1. The van der Waals surface area contributed by atoms with Crippen molar-refractivity contribution >= 4 is 17.7 Å². The molecule has 0 saturated heterocycles. The number of aromatic hydroxyl groups is 1. The third kappa shape index (κ3) is 4.04. The van der Waals surface area contributed by atoms with E-state index in [-0.39, 0.29) is 29.5 Å². The Balaban J connectivity index is 1.95. The molecule has 6 heteroatoms. The summed E-state index contributed by atoms with van der Waals surface area (Å²) in [5.41, 5.74) is 0.737. The van der Waals surface area contributed by atoms with Crippen molar-refractivity contribution < 1.29 is 19.8 Å². The van der Waals surface area contributed by atoms with Crippen molar-refractivity contribution in [3.63, 3.8) is 0 Å². The Hall–Kier alpha value is -2.89. The number of carbonyl (C=O) groups is 2. The van der Waals surface area contributed by atoms with Crippen molar-refractivity contribution in [2.45, 2.75) is 12.8 Å². The number of pyridine rings is 1. The lowest BCUT2D eigenvalue weighted by Gasteiger charge is -2.06. The van der Waals surface area contributed by atoms with Gasteiger partial charge in [0.15, 0.2) is 0 Å². The van der Waals surface area contributed by atoms with Crippen molar-refractivity contribution in [1.82, 2.24) is 4.98 Å². The summed E-state index contributed by atoms with van der Waals surface area (Å²) in [5.74, 6) is -1.04. The Bertz CT molecular complexity index is 670. The topological polar surface area (TPSA) is 99.5 Å². The van der Waals surface area contributed by atoms with Gasteiger partial charge in [-0.3, -0.25) is 4.79 Å². The molecule has 1 heterocycles. The molecule has 2 aromatic rings. The SMILES string of the molecule is O=C(CCc1ccccc1O)Nc1cc(C(=O)O)ccn1. The first kappa shape index (κ1) is 14.5. The van der Waals surface area contributed by atoms with Gasteiger partial charge in [0.05, 0.1) is 5.56 Å². The summed E-state index contributed by atoms with van der Waals surface area (Å²) < 4.78 is 0. The van der Waals surface area contributed by atoms with E-state index < -0.39 is 5.97 Å². The molecule has 21 heavy (non-hydrogen) atoms. The molecule has 0 atom stereocenters. The predicted molar refractivity (Wildman–Crippen MR) is 76.3 cm³/mol. The van der Waals surface area contributed by atoms with E-state index in [2.05, 4.69) is 10.3 Å². The Morgan fingerprint density at radius 2 is 1.95 bits per heavy atom. The van der Waals surface area contributed by atoms with Gasteiger partial charge in [0.25, 0.3) is 0 Å². The highest BCUT2D eigenvalue weighted by Gasteiger charge is 2.08. The van der Waals surface area contributed by atoms with Crippen LogP contribution in [0.15, 0.2) is 42.6 Å². The molecular weight excluding hydrogens is 272 g/mol. The van der Waals surface area contributed by atoms with E-state index in [1.54, 1.807) is 24.3 Å². The number of para-hydroxylation sites is 1. The van der Waals surface area contributed by atoms with Crippen LogP contribution in [0.3, 0.4) is 0 Å². The van der Waals surface area contributed by atoms with E-state index in [1.165, 1.54) is 18.3 Å². The van der Waals surface area contributed by atoms with E-state index in [9.17, 15) is 14.7 Å². The first-order valence-corrected chi connectivity index (χ1v) is 6.32. The highest BCUT2D eigenvalue weighted by atomic mass is 16.4. The van der Waals surface area contributed by atoms with E-state index in [0.29, 0.717) is 12.0 Å². The molecule has 1 amide bonds. The molecule has 2 rings (SSSR count). The zero-order valence-electron chi connectivity index (χ0n) is 11.1. The minimum absolute atomic E-state index is 0.0565. The number of carboxylic acid groups (broad SMARTS) is 1. The molecule has 0 aliphatic carbocycles. The van der Waals surface area contributed by atoms with Crippen molar-refractivity contribution in [3.8, 4) is 5.75 Å². The van der Waals surface area contributed by atoms with Crippen LogP contribution in [0, 0.1) is 0 Å². The third-order valence-electron chi connectivity index (χ3n) is 2.89. The maximum absolute atomic E-state index is 11.8. The number of amides is 1. The average molecular weight is 286 g/mol. The number of anilines is 1. The van der Waals surface area contributed by atoms with Crippen molar-refractivity contribution in [1.29, 1.82) is 0 Å². The number of benzene rings is 1. The normalized spacial score (nSPS) is 10.1. The van der Waals surface area contributed by atoms with Crippen LogP contribution in [-0.4, -0.2) is 27.1 Å². The number of aryl methyl sites for hydroxylation is 1. The molecule has 0 bridgehead atoms. The summed E-state index contributed by atoms with van der Waals surface area (Å²) in [5, 5.41) is 21.0. The van der Waals surface area contributed by atoms with Crippen LogP contribution in [0.4, 0.5) is 5.82 Å². The minimum Gasteiger partial charge on any atom is -0.508 e. The van der Waals surface area contributed by atoms with Crippen LogP contribution in [0.2, 0.25) is 0 Å². The van der Waals surface area contributed by atoms with Gasteiger partial charge in [-0.25, -0.2) is 9.78 Å². The largest absolute Gasteiger partial charge is 0.508 e. The van der Waals surface area contributed by atoms with Gasteiger partial charge in [-0.05, 0) is 30.2 Å². The van der Waals surface area contributed by atoms with Gasteiger partial charge in [-0.1, -0.05) is 18.2 Å². The van der Waals surface area contributed by atoms with E-state index in [0.717, 1.165) is 0 Å². The molecule has 0 unspecified atom stereocenters. The third-order valence-corrected chi connectivity index (χ3v) is 2.89. The first-order valence-electron chi connectivity index (χ1n) is 6.32. The Morgan fingerprint density at radius 1 is 1.19 bits per heavy atom. The maximum Gasteiger partial charge on any atom is 0.335 e. The standard InChI is InChI=1S/C15H14N2O4/c18-12-4-2-1-3-10(12)5-6-14(19)17-13-9-11(15(20)21)7-8-16-13/h1-4,7-9,18H,5-6H2,(H,20,21)(H,16,17,19). The number of phenols is 1. The van der Waals surface area contributed by atoms with Crippen LogP contribution in [0.25, 0.3) is 0 Å². The molecule has 6 nitrogen and oxygen atoms in total. The number of carbonyl (C=O) groups excluding carboxylic acids is 1. The van der Waals surface area contributed by atoms with Crippen molar-refractivity contribution in [3.05, 3.63) is 53.7 Å². The fourth-order valence-corrected chi connectivity index (χ4v) is 1.81. The Kier molecular flexibility index (Phi) is 4.50. The van der Waals surface area contributed by atoms with Crippen molar-refractivity contribution in [2.75, 3.05) is 5.32 Å².